The third-order valence-electron chi connectivity index (χ3n) is 5.58. The summed E-state index contributed by atoms with van der Waals surface area (Å²) in [5.74, 6) is -0.475. The van der Waals surface area contributed by atoms with Crippen LogP contribution >= 0.6 is 27.5 Å². The molecule has 0 amide bonds. The second-order valence-electron chi connectivity index (χ2n) is 7.26. The predicted octanol–water partition coefficient (Wildman–Crippen LogP) is 4.07. The average molecular weight is 481 g/mol. The molecule has 29 heavy (non-hydrogen) atoms. The van der Waals surface area contributed by atoms with E-state index < -0.39 is 5.43 Å². The van der Waals surface area contributed by atoms with Crippen LogP contribution in [0.5, 0.6) is 11.5 Å². The fourth-order valence-corrected chi connectivity index (χ4v) is 4.99. The molecule has 0 radical (unpaired) electrons. The van der Waals surface area contributed by atoms with Crippen molar-refractivity contribution in [2.75, 3.05) is 20.2 Å². The Kier molecular flexibility index (Phi) is 5.33. The van der Waals surface area contributed by atoms with Gasteiger partial charge in [0.15, 0.2) is 5.43 Å². The van der Waals surface area contributed by atoms with Crippen LogP contribution in [0.25, 0.3) is 22.3 Å². The minimum Gasteiger partial charge on any atom is -0.507 e. The van der Waals surface area contributed by atoms with Gasteiger partial charge in [0.1, 0.15) is 28.2 Å². The van der Waals surface area contributed by atoms with Crippen LogP contribution in [0.2, 0.25) is 5.02 Å². The third-order valence-corrected chi connectivity index (χ3v) is 6.47. The number of likely N-dealkylation sites (tertiary alicyclic amines) is 1. The Labute approximate surface area is 180 Å². The fraction of sp³-hybridized carbons (Fsp3) is 0.286. The molecule has 3 aromatic rings. The monoisotopic (exact) mass is 479 g/mol. The lowest BCUT2D eigenvalue weighted by Crippen LogP contribution is -2.32. The number of hydrogen-bond acceptors (Lipinski definition) is 6. The lowest BCUT2D eigenvalue weighted by Gasteiger charge is -2.24. The van der Waals surface area contributed by atoms with Crippen LogP contribution in [0.15, 0.2) is 44.0 Å². The van der Waals surface area contributed by atoms with Gasteiger partial charge in [0.05, 0.1) is 6.61 Å². The highest BCUT2D eigenvalue weighted by Gasteiger charge is 2.36. The predicted molar refractivity (Wildman–Crippen MR) is 115 cm³/mol. The summed E-state index contributed by atoms with van der Waals surface area (Å²) in [6, 6.07) is 7.33. The summed E-state index contributed by atoms with van der Waals surface area (Å²) < 4.78 is 6.74. The van der Waals surface area contributed by atoms with Gasteiger partial charge in [0.2, 0.25) is 0 Å². The van der Waals surface area contributed by atoms with Gasteiger partial charge < -0.3 is 24.6 Å². The lowest BCUT2D eigenvalue weighted by atomic mass is 9.89. The van der Waals surface area contributed by atoms with Crippen molar-refractivity contribution in [1.29, 1.82) is 0 Å². The minimum absolute atomic E-state index is 0.0119. The normalized spacial score (nSPS) is 19.9. The van der Waals surface area contributed by atoms with Crippen molar-refractivity contribution in [2.24, 2.45) is 0 Å². The maximum Gasteiger partial charge on any atom is 0.197 e. The molecule has 3 N–H and O–H groups in total. The molecule has 4 rings (SSSR count). The molecule has 2 atom stereocenters. The average Bonchev–Trinajstić information content (AvgIpc) is 3.01. The minimum atomic E-state index is -0.422. The fourth-order valence-electron chi connectivity index (χ4n) is 4.11. The third kappa shape index (κ3) is 3.42. The van der Waals surface area contributed by atoms with Gasteiger partial charge in [-0.2, -0.15) is 0 Å². The van der Waals surface area contributed by atoms with Crippen LogP contribution in [0.3, 0.4) is 0 Å². The number of phenols is 2. The highest BCUT2D eigenvalue weighted by Crippen LogP contribution is 2.44. The zero-order chi connectivity index (χ0) is 20.9. The van der Waals surface area contributed by atoms with Crippen molar-refractivity contribution >= 4 is 38.5 Å². The maximum atomic E-state index is 12.9. The van der Waals surface area contributed by atoms with Crippen molar-refractivity contribution in [3.8, 4) is 22.8 Å². The largest absolute Gasteiger partial charge is 0.507 e. The second kappa shape index (κ2) is 7.65. The zero-order valence-electron chi connectivity index (χ0n) is 15.5. The summed E-state index contributed by atoms with van der Waals surface area (Å²) in [6.07, 6.45) is 0.674. The Bertz CT molecular complexity index is 1160. The van der Waals surface area contributed by atoms with Crippen molar-refractivity contribution in [3.63, 3.8) is 0 Å². The molecular formula is C21H19BrClNO5. The van der Waals surface area contributed by atoms with Gasteiger partial charge in [-0.3, -0.25) is 4.79 Å². The first-order valence-electron chi connectivity index (χ1n) is 9.11. The highest BCUT2D eigenvalue weighted by molar-refractivity contribution is 9.10. The van der Waals surface area contributed by atoms with E-state index in [-0.39, 0.29) is 46.8 Å². The first kappa shape index (κ1) is 20.2. The molecule has 0 saturated carbocycles. The van der Waals surface area contributed by atoms with Gasteiger partial charge in [0.25, 0.3) is 0 Å². The van der Waals surface area contributed by atoms with E-state index in [1.807, 2.05) is 11.9 Å². The summed E-state index contributed by atoms with van der Waals surface area (Å²) in [6.45, 7) is 0.625. The molecule has 1 saturated heterocycles. The van der Waals surface area contributed by atoms with E-state index in [4.69, 9.17) is 16.0 Å². The van der Waals surface area contributed by atoms with Crippen molar-refractivity contribution < 1.29 is 19.7 Å². The number of fused-ring (bicyclic) bond motifs is 1. The number of aromatic hydroxyl groups is 2. The van der Waals surface area contributed by atoms with Crippen LogP contribution < -0.4 is 5.43 Å². The number of likely N-dealkylation sites (N-methyl/N-ethyl adjacent to an activating group) is 1. The number of rotatable bonds is 3. The Hall–Kier alpha value is -2.06. The summed E-state index contributed by atoms with van der Waals surface area (Å²) in [7, 11) is 1.90. The smallest absolute Gasteiger partial charge is 0.197 e. The first-order chi connectivity index (χ1) is 13.8. The maximum absolute atomic E-state index is 12.9. The number of phenolic OH excluding ortho intramolecular Hbond substituents is 2. The van der Waals surface area contributed by atoms with E-state index in [0.29, 0.717) is 27.0 Å². The molecular weight excluding hydrogens is 462 g/mol. The summed E-state index contributed by atoms with van der Waals surface area (Å²) in [5, 5.41) is 31.4. The molecule has 1 aliphatic rings. The van der Waals surface area contributed by atoms with Gasteiger partial charge in [-0.25, -0.2) is 0 Å². The topological polar surface area (TPSA) is 94.1 Å². The summed E-state index contributed by atoms with van der Waals surface area (Å²) in [4.78, 5) is 14.9. The lowest BCUT2D eigenvalue weighted by molar-refractivity contribution is 0.172. The van der Waals surface area contributed by atoms with Gasteiger partial charge in [-0.1, -0.05) is 11.6 Å². The SMILES string of the molecule is CN1CC[C@H](c2c(O)cc(O)c3c(=O)cc(-c4ccc(Cl)cc4Br)oc23)[C@H]1CO. The van der Waals surface area contributed by atoms with Crippen LogP contribution in [-0.4, -0.2) is 46.5 Å². The molecule has 0 bridgehead atoms. The number of benzene rings is 2. The molecule has 0 spiro atoms. The number of aliphatic hydroxyl groups is 1. The van der Waals surface area contributed by atoms with E-state index in [9.17, 15) is 20.1 Å². The molecule has 6 nitrogen and oxygen atoms in total. The molecule has 0 aliphatic carbocycles. The molecule has 8 heteroatoms. The summed E-state index contributed by atoms with van der Waals surface area (Å²) >= 11 is 9.44. The highest BCUT2D eigenvalue weighted by atomic mass is 79.9. The second-order valence-corrected chi connectivity index (χ2v) is 8.55. The van der Waals surface area contributed by atoms with E-state index in [2.05, 4.69) is 15.9 Å². The zero-order valence-corrected chi connectivity index (χ0v) is 17.9. The van der Waals surface area contributed by atoms with E-state index in [1.165, 1.54) is 12.1 Å². The van der Waals surface area contributed by atoms with Crippen LogP contribution in [0.1, 0.15) is 17.9 Å². The molecule has 0 unspecified atom stereocenters. The Morgan fingerprint density at radius 2 is 2.00 bits per heavy atom. The van der Waals surface area contributed by atoms with Crippen molar-refractivity contribution in [1.82, 2.24) is 4.90 Å². The van der Waals surface area contributed by atoms with Crippen molar-refractivity contribution in [2.45, 2.75) is 18.4 Å². The number of halogens is 2. The van der Waals surface area contributed by atoms with Gasteiger partial charge in [-0.15, -0.1) is 0 Å². The Balaban J connectivity index is 2.01. The van der Waals surface area contributed by atoms with Gasteiger partial charge in [-0.05, 0) is 54.1 Å². The van der Waals surface area contributed by atoms with Crippen LogP contribution in [0.4, 0.5) is 0 Å². The van der Waals surface area contributed by atoms with Crippen molar-refractivity contribution in [3.05, 3.63) is 55.6 Å². The Morgan fingerprint density at radius 1 is 1.24 bits per heavy atom. The molecule has 1 aromatic heterocycles. The molecule has 2 heterocycles. The standard InChI is InChI=1S/C21H19BrClNO5/c1-24-5-4-12(14(24)9-25)19-15(26)7-16(27)20-17(28)8-18(29-21(19)20)11-3-2-10(23)6-13(11)22/h2-3,6-8,12,14,25-27H,4-5,9H2,1H3/t12-,14+/m0/s1. The molecule has 2 aromatic carbocycles. The van der Waals surface area contributed by atoms with E-state index in [1.54, 1.807) is 18.2 Å². The summed E-state index contributed by atoms with van der Waals surface area (Å²) in [5.41, 5.74) is 0.744. The van der Waals surface area contributed by atoms with E-state index in [0.717, 1.165) is 6.54 Å². The number of nitrogens with zero attached hydrogens (tertiary/aromatic N) is 1. The van der Waals surface area contributed by atoms with E-state index >= 15 is 0 Å². The van der Waals surface area contributed by atoms with Crippen LogP contribution in [0, 0.1) is 0 Å². The van der Waals surface area contributed by atoms with Gasteiger partial charge >= 0.3 is 0 Å². The van der Waals surface area contributed by atoms with Gasteiger partial charge in [0, 0.05) is 44.7 Å². The Morgan fingerprint density at radius 3 is 2.69 bits per heavy atom. The first-order valence-corrected chi connectivity index (χ1v) is 10.3. The molecule has 152 valence electrons. The quantitative estimate of drug-likeness (QED) is 0.523. The number of aliphatic hydroxyl groups excluding tert-OH is 1. The molecule has 1 aliphatic heterocycles. The molecule has 1 fully saturated rings. The van der Waals surface area contributed by atoms with Crippen LogP contribution in [-0.2, 0) is 0 Å². The number of hydrogen-bond donors (Lipinski definition) is 3.